The van der Waals surface area contributed by atoms with Crippen molar-refractivity contribution >= 4 is 6.09 Å². The SMILES string of the molecule is O=C(OCc1ccccc1)N1CCC2CC2(CO)C1. The molecule has 3 rings (SSSR count). The number of piperidine rings is 1. The van der Waals surface area contributed by atoms with Gasteiger partial charge in [-0.2, -0.15) is 0 Å². The van der Waals surface area contributed by atoms with E-state index in [1.54, 1.807) is 4.90 Å². The first-order chi connectivity index (χ1) is 9.23. The van der Waals surface area contributed by atoms with Gasteiger partial charge in [0.25, 0.3) is 0 Å². The van der Waals surface area contributed by atoms with Gasteiger partial charge < -0.3 is 14.7 Å². The molecule has 102 valence electrons. The Morgan fingerprint density at radius 2 is 2.21 bits per heavy atom. The molecule has 2 fully saturated rings. The molecule has 2 aliphatic rings. The minimum Gasteiger partial charge on any atom is -0.445 e. The maximum atomic E-state index is 12.0. The average molecular weight is 261 g/mol. The number of ether oxygens (including phenoxy) is 1. The summed E-state index contributed by atoms with van der Waals surface area (Å²) in [6.45, 7) is 1.88. The minimum atomic E-state index is -0.262. The van der Waals surface area contributed by atoms with Crippen LogP contribution < -0.4 is 0 Å². The molecule has 1 aliphatic carbocycles. The van der Waals surface area contributed by atoms with Crippen LogP contribution in [0, 0.1) is 11.3 Å². The lowest BCUT2D eigenvalue weighted by Gasteiger charge is -2.31. The number of benzene rings is 1. The van der Waals surface area contributed by atoms with Gasteiger partial charge in [0.15, 0.2) is 0 Å². The molecular weight excluding hydrogens is 242 g/mol. The van der Waals surface area contributed by atoms with Crippen LogP contribution in [0.15, 0.2) is 30.3 Å². The summed E-state index contributed by atoms with van der Waals surface area (Å²) >= 11 is 0. The third-order valence-electron chi connectivity index (χ3n) is 4.39. The maximum absolute atomic E-state index is 12.0. The fourth-order valence-corrected chi connectivity index (χ4v) is 3.01. The van der Waals surface area contributed by atoms with E-state index in [2.05, 4.69) is 0 Å². The zero-order chi connectivity index (χ0) is 13.3. The number of nitrogens with zero attached hydrogens (tertiary/aromatic N) is 1. The molecule has 1 saturated heterocycles. The molecule has 1 aliphatic heterocycles. The van der Waals surface area contributed by atoms with Gasteiger partial charge in [-0.15, -0.1) is 0 Å². The lowest BCUT2D eigenvalue weighted by Crippen LogP contribution is -2.42. The summed E-state index contributed by atoms with van der Waals surface area (Å²) in [4.78, 5) is 13.8. The Labute approximate surface area is 113 Å². The maximum Gasteiger partial charge on any atom is 0.410 e. The average Bonchev–Trinajstić information content (AvgIpc) is 3.20. The third kappa shape index (κ3) is 2.45. The number of aliphatic hydroxyl groups is 1. The van der Waals surface area contributed by atoms with Crippen molar-refractivity contribution in [2.24, 2.45) is 11.3 Å². The van der Waals surface area contributed by atoms with E-state index in [1.807, 2.05) is 30.3 Å². The van der Waals surface area contributed by atoms with E-state index in [-0.39, 0.29) is 18.1 Å². The molecule has 0 spiro atoms. The van der Waals surface area contributed by atoms with Gasteiger partial charge in [-0.3, -0.25) is 0 Å². The van der Waals surface area contributed by atoms with Crippen LogP contribution in [-0.4, -0.2) is 35.8 Å². The van der Waals surface area contributed by atoms with Crippen molar-refractivity contribution < 1.29 is 14.6 Å². The van der Waals surface area contributed by atoms with Crippen LogP contribution in [-0.2, 0) is 11.3 Å². The summed E-state index contributed by atoms with van der Waals surface area (Å²) in [5.74, 6) is 0.607. The number of aliphatic hydroxyl groups excluding tert-OH is 1. The Bertz CT molecular complexity index is 462. The smallest absolute Gasteiger partial charge is 0.410 e. The van der Waals surface area contributed by atoms with Crippen molar-refractivity contribution in [1.29, 1.82) is 0 Å². The molecule has 2 unspecified atom stereocenters. The molecule has 1 aromatic carbocycles. The van der Waals surface area contributed by atoms with Gasteiger partial charge in [0.05, 0.1) is 6.61 Å². The highest BCUT2D eigenvalue weighted by molar-refractivity contribution is 5.68. The normalized spacial score (nSPS) is 28.7. The van der Waals surface area contributed by atoms with Gasteiger partial charge in [0.1, 0.15) is 6.61 Å². The molecule has 1 amide bonds. The number of carbonyl (C=O) groups excluding carboxylic acids is 1. The molecule has 0 bridgehead atoms. The molecule has 19 heavy (non-hydrogen) atoms. The van der Waals surface area contributed by atoms with Crippen LogP contribution in [0.4, 0.5) is 4.79 Å². The number of hydrogen-bond acceptors (Lipinski definition) is 3. The molecule has 2 atom stereocenters. The molecule has 0 aromatic heterocycles. The second-order valence-electron chi connectivity index (χ2n) is 5.67. The van der Waals surface area contributed by atoms with E-state index in [9.17, 15) is 9.90 Å². The van der Waals surface area contributed by atoms with Crippen molar-refractivity contribution in [2.45, 2.75) is 19.4 Å². The van der Waals surface area contributed by atoms with Gasteiger partial charge in [-0.05, 0) is 24.3 Å². The first-order valence-corrected chi connectivity index (χ1v) is 6.80. The predicted octanol–water partition coefficient (Wildman–Crippen LogP) is 2.03. The van der Waals surface area contributed by atoms with Crippen LogP contribution in [0.2, 0.25) is 0 Å². The lowest BCUT2D eigenvalue weighted by molar-refractivity contribution is 0.0633. The third-order valence-corrected chi connectivity index (χ3v) is 4.39. The highest BCUT2D eigenvalue weighted by atomic mass is 16.6. The second kappa shape index (κ2) is 4.85. The van der Waals surface area contributed by atoms with E-state index in [0.29, 0.717) is 19.1 Å². The van der Waals surface area contributed by atoms with Crippen molar-refractivity contribution in [3.63, 3.8) is 0 Å². The largest absolute Gasteiger partial charge is 0.445 e. The zero-order valence-electron chi connectivity index (χ0n) is 10.9. The summed E-state index contributed by atoms with van der Waals surface area (Å²) in [7, 11) is 0. The fourth-order valence-electron chi connectivity index (χ4n) is 3.01. The number of likely N-dealkylation sites (tertiary alicyclic amines) is 1. The highest BCUT2D eigenvalue weighted by Crippen LogP contribution is 2.56. The van der Waals surface area contributed by atoms with Crippen molar-refractivity contribution in [3.8, 4) is 0 Å². The van der Waals surface area contributed by atoms with Crippen LogP contribution in [0.25, 0.3) is 0 Å². The Balaban J connectivity index is 1.53. The van der Waals surface area contributed by atoms with Gasteiger partial charge in [-0.25, -0.2) is 4.79 Å². The second-order valence-corrected chi connectivity index (χ2v) is 5.67. The van der Waals surface area contributed by atoms with Crippen molar-refractivity contribution in [3.05, 3.63) is 35.9 Å². The number of carbonyl (C=O) groups is 1. The number of hydrogen-bond donors (Lipinski definition) is 1. The van der Waals surface area contributed by atoms with E-state index < -0.39 is 0 Å². The Morgan fingerprint density at radius 3 is 2.95 bits per heavy atom. The van der Waals surface area contributed by atoms with E-state index in [4.69, 9.17) is 4.74 Å². The first kappa shape index (κ1) is 12.5. The molecule has 1 aromatic rings. The van der Waals surface area contributed by atoms with Crippen molar-refractivity contribution in [1.82, 2.24) is 4.90 Å². The van der Waals surface area contributed by atoms with Gasteiger partial charge in [0, 0.05) is 18.5 Å². The first-order valence-electron chi connectivity index (χ1n) is 6.80. The number of amides is 1. The fraction of sp³-hybridized carbons (Fsp3) is 0.533. The zero-order valence-corrected chi connectivity index (χ0v) is 10.9. The molecule has 0 radical (unpaired) electrons. The van der Waals surface area contributed by atoms with Crippen molar-refractivity contribution in [2.75, 3.05) is 19.7 Å². The summed E-state index contributed by atoms with van der Waals surface area (Å²) < 4.78 is 5.33. The van der Waals surface area contributed by atoms with Gasteiger partial charge in [-0.1, -0.05) is 30.3 Å². The van der Waals surface area contributed by atoms with E-state index in [1.165, 1.54) is 0 Å². The van der Waals surface area contributed by atoms with Crippen LogP contribution >= 0.6 is 0 Å². The van der Waals surface area contributed by atoms with Crippen LogP contribution in [0.5, 0.6) is 0 Å². The molecule has 4 heteroatoms. The van der Waals surface area contributed by atoms with Crippen LogP contribution in [0.3, 0.4) is 0 Å². The molecule has 1 heterocycles. The molecule has 1 saturated carbocycles. The summed E-state index contributed by atoms with van der Waals surface area (Å²) in [6.07, 6.45) is 1.77. The minimum absolute atomic E-state index is 0.0238. The Morgan fingerprint density at radius 1 is 1.42 bits per heavy atom. The monoisotopic (exact) mass is 261 g/mol. The van der Waals surface area contributed by atoms with E-state index in [0.717, 1.165) is 24.9 Å². The Hall–Kier alpha value is -1.55. The lowest BCUT2D eigenvalue weighted by atomic mass is 9.99. The number of fused-ring (bicyclic) bond motifs is 1. The van der Waals surface area contributed by atoms with Gasteiger partial charge >= 0.3 is 6.09 Å². The van der Waals surface area contributed by atoms with E-state index >= 15 is 0 Å². The molecule has 1 N–H and O–H groups in total. The number of rotatable bonds is 3. The standard InChI is InChI=1S/C15H19NO3/c17-11-15-8-13(15)6-7-16(10-15)14(18)19-9-12-4-2-1-3-5-12/h1-5,13,17H,6-11H2. The Kier molecular flexibility index (Phi) is 3.19. The predicted molar refractivity (Wildman–Crippen MR) is 70.4 cm³/mol. The molecule has 4 nitrogen and oxygen atoms in total. The summed E-state index contributed by atoms with van der Waals surface area (Å²) in [5.41, 5.74) is 0.971. The van der Waals surface area contributed by atoms with Crippen LogP contribution in [0.1, 0.15) is 18.4 Å². The van der Waals surface area contributed by atoms with Gasteiger partial charge in [0.2, 0.25) is 0 Å². The molecular formula is C15H19NO3. The topological polar surface area (TPSA) is 49.8 Å². The summed E-state index contributed by atoms with van der Waals surface area (Å²) in [6, 6.07) is 9.68. The quantitative estimate of drug-likeness (QED) is 0.905. The summed E-state index contributed by atoms with van der Waals surface area (Å²) in [5, 5.41) is 9.42. The highest BCUT2D eigenvalue weighted by Gasteiger charge is 2.57.